The fourth-order valence-corrected chi connectivity index (χ4v) is 3.52. The number of phenols is 1. The first-order valence-electron chi connectivity index (χ1n) is 9.06. The highest BCUT2D eigenvalue weighted by atomic mass is 32.2. The topological polar surface area (TPSA) is 105 Å². The van der Waals surface area contributed by atoms with E-state index in [2.05, 4.69) is 5.32 Å². The van der Waals surface area contributed by atoms with Crippen LogP contribution in [0.15, 0.2) is 47.4 Å². The Morgan fingerprint density at radius 1 is 1.20 bits per heavy atom. The Kier molecular flexibility index (Phi) is 6.63. The summed E-state index contributed by atoms with van der Waals surface area (Å²) in [6.07, 6.45) is 1.57. The molecule has 8 nitrogen and oxygen atoms in total. The Labute approximate surface area is 177 Å². The van der Waals surface area contributed by atoms with Gasteiger partial charge in [-0.05, 0) is 66.7 Å². The average Bonchev–Trinajstić information content (AvgIpc) is 3.01. The van der Waals surface area contributed by atoms with Crippen LogP contribution in [0.25, 0.3) is 6.08 Å². The number of thioether (sulfide) groups is 1. The number of benzene rings is 2. The number of amides is 2. The highest BCUT2D eigenvalue weighted by Crippen LogP contribution is 2.34. The van der Waals surface area contributed by atoms with E-state index >= 15 is 0 Å². The van der Waals surface area contributed by atoms with Gasteiger partial charge in [0.15, 0.2) is 11.5 Å². The summed E-state index contributed by atoms with van der Waals surface area (Å²) in [7, 11) is 1.43. The molecule has 0 aromatic heterocycles. The zero-order valence-corrected chi connectivity index (χ0v) is 17.2. The number of esters is 1. The minimum absolute atomic E-state index is 0.0130. The summed E-state index contributed by atoms with van der Waals surface area (Å²) < 4.78 is 9.99. The number of imide groups is 1. The van der Waals surface area contributed by atoms with Crippen LogP contribution in [0, 0.1) is 0 Å². The molecule has 2 amide bonds. The van der Waals surface area contributed by atoms with Gasteiger partial charge in [-0.25, -0.2) is 4.79 Å². The fourth-order valence-electron chi connectivity index (χ4n) is 2.68. The molecule has 30 heavy (non-hydrogen) atoms. The summed E-state index contributed by atoms with van der Waals surface area (Å²) in [6, 6.07) is 11.2. The smallest absolute Gasteiger partial charge is 0.338 e. The molecule has 0 bridgehead atoms. The number of phenolic OH excluding ortho intramolecular Hbond substituents is 1. The van der Waals surface area contributed by atoms with Crippen LogP contribution in [-0.2, 0) is 9.53 Å². The van der Waals surface area contributed by atoms with Crippen molar-refractivity contribution in [3.05, 3.63) is 58.5 Å². The van der Waals surface area contributed by atoms with Gasteiger partial charge in [-0.15, -0.1) is 0 Å². The highest BCUT2D eigenvalue weighted by molar-refractivity contribution is 8.18. The van der Waals surface area contributed by atoms with Crippen molar-refractivity contribution >= 4 is 40.6 Å². The van der Waals surface area contributed by atoms with Gasteiger partial charge < -0.3 is 19.9 Å². The van der Waals surface area contributed by atoms with Crippen LogP contribution in [0.3, 0.4) is 0 Å². The number of carbonyl (C=O) groups is 3. The van der Waals surface area contributed by atoms with E-state index in [1.807, 2.05) is 0 Å². The Morgan fingerprint density at radius 2 is 1.93 bits per heavy atom. The van der Waals surface area contributed by atoms with Gasteiger partial charge in [-0.2, -0.15) is 0 Å². The third-order valence-corrected chi connectivity index (χ3v) is 5.12. The van der Waals surface area contributed by atoms with E-state index in [9.17, 15) is 19.5 Å². The predicted octanol–water partition coefficient (Wildman–Crippen LogP) is 3.68. The van der Waals surface area contributed by atoms with Gasteiger partial charge in [0.05, 0.1) is 30.9 Å². The lowest BCUT2D eigenvalue weighted by Crippen LogP contribution is -2.33. The number of aromatic hydroxyl groups is 1. The summed E-state index contributed by atoms with van der Waals surface area (Å²) in [6.45, 7) is 2.01. The van der Waals surface area contributed by atoms with Crippen LogP contribution in [0.2, 0.25) is 0 Å². The number of rotatable bonds is 7. The van der Waals surface area contributed by atoms with Crippen LogP contribution >= 0.6 is 11.8 Å². The van der Waals surface area contributed by atoms with Gasteiger partial charge in [0, 0.05) is 5.69 Å². The van der Waals surface area contributed by atoms with Crippen molar-refractivity contribution in [3.63, 3.8) is 0 Å². The second-order valence-electron chi connectivity index (χ2n) is 6.17. The summed E-state index contributed by atoms with van der Waals surface area (Å²) in [5.74, 6) is -0.574. The van der Waals surface area contributed by atoms with Crippen molar-refractivity contribution in [3.8, 4) is 11.5 Å². The largest absolute Gasteiger partial charge is 0.504 e. The average molecular weight is 428 g/mol. The zero-order chi connectivity index (χ0) is 21.7. The maximum atomic E-state index is 12.6. The molecule has 0 saturated carbocycles. The molecule has 0 spiro atoms. The molecule has 1 saturated heterocycles. The van der Waals surface area contributed by atoms with E-state index in [0.717, 1.165) is 16.7 Å². The molecule has 0 unspecified atom stereocenters. The van der Waals surface area contributed by atoms with E-state index in [0.29, 0.717) is 23.4 Å². The summed E-state index contributed by atoms with van der Waals surface area (Å²) >= 11 is 0.835. The molecule has 0 radical (unpaired) electrons. The maximum Gasteiger partial charge on any atom is 0.338 e. The van der Waals surface area contributed by atoms with Crippen molar-refractivity contribution in [1.82, 2.24) is 4.90 Å². The van der Waals surface area contributed by atoms with Crippen LogP contribution < -0.4 is 10.1 Å². The number of ether oxygens (including phenoxy) is 2. The zero-order valence-electron chi connectivity index (χ0n) is 16.4. The van der Waals surface area contributed by atoms with Crippen LogP contribution in [0.4, 0.5) is 10.5 Å². The fraction of sp³-hybridized carbons (Fsp3) is 0.190. The van der Waals surface area contributed by atoms with E-state index in [-0.39, 0.29) is 23.1 Å². The molecule has 1 aliphatic heterocycles. The molecule has 3 rings (SSSR count). The lowest BCUT2D eigenvalue weighted by Gasteiger charge is -2.14. The number of hydrogen-bond donors (Lipinski definition) is 2. The number of hydrogen-bond acceptors (Lipinski definition) is 8. The molecular weight excluding hydrogens is 408 g/mol. The molecule has 0 atom stereocenters. The van der Waals surface area contributed by atoms with Gasteiger partial charge >= 0.3 is 5.97 Å². The van der Waals surface area contributed by atoms with Gasteiger partial charge in [-0.3, -0.25) is 14.5 Å². The van der Waals surface area contributed by atoms with Crippen LogP contribution in [0.5, 0.6) is 11.5 Å². The minimum atomic E-state index is -0.423. The third kappa shape index (κ3) is 4.74. The molecule has 156 valence electrons. The van der Waals surface area contributed by atoms with Gasteiger partial charge in [0.25, 0.3) is 11.1 Å². The van der Waals surface area contributed by atoms with Gasteiger partial charge in [0.1, 0.15) is 0 Å². The highest BCUT2D eigenvalue weighted by Gasteiger charge is 2.34. The molecule has 1 heterocycles. The molecule has 1 fully saturated rings. The Balaban J connectivity index is 1.66. The number of carbonyl (C=O) groups excluding carboxylic acids is 3. The first-order chi connectivity index (χ1) is 14.4. The molecule has 1 aliphatic rings. The van der Waals surface area contributed by atoms with Crippen molar-refractivity contribution in [2.75, 3.05) is 25.7 Å². The monoisotopic (exact) mass is 428 g/mol. The standard InChI is InChI=1S/C21H20N2O6S/c1-3-29-20(26)14-5-7-15(8-6-14)22-12-23-19(25)18(30-21(23)27)11-13-4-9-16(24)17(10-13)28-2/h4-11,22,24H,3,12H2,1-2H3/b18-11+. The number of anilines is 1. The normalized spacial score (nSPS) is 14.9. The van der Waals surface area contributed by atoms with Crippen molar-refractivity contribution in [2.24, 2.45) is 0 Å². The van der Waals surface area contributed by atoms with E-state index in [4.69, 9.17) is 9.47 Å². The molecule has 9 heteroatoms. The second-order valence-corrected chi connectivity index (χ2v) is 7.17. The predicted molar refractivity (Wildman–Crippen MR) is 113 cm³/mol. The second kappa shape index (κ2) is 9.36. The first kappa shape index (κ1) is 21.3. The van der Waals surface area contributed by atoms with Gasteiger partial charge in [0.2, 0.25) is 0 Å². The molecule has 2 aromatic rings. The molecule has 2 N–H and O–H groups in total. The van der Waals surface area contributed by atoms with E-state index < -0.39 is 17.1 Å². The Morgan fingerprint density at radius 3 is 2.60 bits per heavy atom. The van der Waals surface area contributed by atoms with Gasteiger partial charge in [-0.1, -0.05) is 6.07 Å². The van der Waals surface area contributed by atoms with Crippen molar-refractivity contribution in [1.29, 1.82) is 0 Å². The summed E-state index contributed by atoms with van der Waals surface area (Å²) in [5, 5.41) is 12.3. The summed E-state index contributed by atoms with van der Waals surface area (Å²) in [4.78, 5) is 37.9. The number of methoxy groups -OCH3 is 1. The molecular formula is C21H20N2O6S. The van der Waals surface area contributed by atoms with E-state index in [1.54, 1.807) is 49.4 Å². The Hall–Kier alpha value is -3.46. The maximum absolute atomic E-state index is 12.6. The quantitative estimate of drug-likeness (QED) is 0.508. The minimum Gasteiger partial charge on any atom is -0.504 e. The van der Waals surface area contributed by atoms with Crippen molar-refractivity contribution in [2.45, 2.75) is 6.92 Å². The summed E-state index contributed by atoms with van der Waals surface area (Å²) in [5.41, 5.74) is 1.69. The SMILES string of the molecule is CCOC(=O)c1ccc(NCN2C(=O)S/C(=C/c3ccc(O)c(OC)c3)C2=O)cc1. The number of nitrogens with zero attached hydrogens (tertiary/aromatic N) is 1. The third-order valence-electron chi connectivity index (χ3n) is 4.21. The van der Waals surface area contributed by atoms with Crippen LogP contribution in [-0.4, -0.2) is 47.5 Å². The lowest BCUT2D eigenvalue weighted by molar-refractivity contribution is -0.122. The Bertz CT molecular complexity index is 1000. The van der Waals surface area contributed by atoms with Crippen molar-refractivity contribution < 1.29 is 29.0 Å². The van der Waals surface area contributed by atoms with Crippen LogP contribution in [0.1, 0.15) is 22.8 Å². The molecule has 2 aromatic carbocycles. The van der Waals surface area contributed by atoms with E-state index in [1.165, 1.54) is 13.2 Å². The first-order valence-corrected chi connectivity index (χ1v) is 9.88. The lowest BCUT2D eigenvalue weighted by atomic mass is 10.2. The number of nitrogens with one attached hydrogen (secondary N) is 1. The molecule has 0 aliphatic carbocycles.